The highest BCUT2D eigenvalue weighted by molar-refractivity contribution is 7.91. The van der Waals surface area contributed by atoms with E-state index in [1.165, 1.54) is 26.4 Å². The number of carbonyl (C=O) groups excluding carboxylic acids is 1. The molecule has 0 amide bonds. The number of methoxy groups -OCH3 is 1. The molecule has 0 spiro atoms. The van der Waals surface area contributed by atoms with Crippen molar-refractivity contribution in [3.63, 3.8) is 0 Å². The van der Waals surface area contributed by atoms with Crippen LogP contribution in [0.3, 0.4) is 0 Å². The summed E-state index contributed by atoms with van der Waals surface area (Å²) in [6, 6.07) is 13.8. The fourth-order valence-electron chi connectivity index (χ4n) is 5.74. The summed E-state index contributed by atoms with van der Waals surface area (Å²) in [7, 11) is -1.58. The molecule has 2 unspecified atom stereocenters. The molecule has 2 aromatic rings. The summed E-state index contributed by atoms with van der Waals surface area (Å²) < 4.78 is 36.1. The molecule has 6 nitrogen and oxygen atoms in total. The number of aryl methyl sites for hydroxylation is 1. The molecule has 1 heterocycles. The smallest absolute Gasteiger partial charge is 0.338 e. The van der Waals surface area contributed by atoms with Crippen LogP contribution in [-0.2, 0) is 25.9 Å². The van der Waals surface area contributed by atoms with Gasteiger partial charge in [-0.25, -0.2) is 13.2 Å². The fraction of sp³-hybridized carbons (Fsp3) is 0.552. The zero-order valence-electron chi connectivity index (χ0n) is 21.7. The van der Waals surface area contributed by atoms with Gasteiger partial charge in [0.15, 0.2) is 9.84 Å². The number of hydrogen-bond acceptors (Lipinski definition) is 6. The van der Waals surface area contributed by atoms with Gasteiger partial charge in [0, 0.05) is 19.1 Å². The van der Waals surface area contributed by atoms with E-state index in [9.17, 15) is 13.2 Å². The Labute approximate surface area is 215 Å². The fourth-order valence-corrected chi connectivity index (χ4v) is 7.42. The Hall–Kier alpha value is -2.22. The van der Waals surface area contributed by atoms with E-state index in [0.717, 1.165) is 41.6 Å². The van der Waals surface area contributed by atoms with Gasteiger partial charge in [0.25, 0.3) is 0 Å². The first-order valence-corrected chi connectivity index (χ1v) is 14.9. The molecule has 36 heavy (non-hydrogen) atoms. The van der Waals surface area contributed by atoms with Crippen molar-refractivity contribution in [1.29, 1.82) is 0 Å². The largest absolute Gasteiger partial charge is 0.465 e. The number of esters is 1. The topological polar surface area (TPSA) is 72.9 Å². The van der Waals surface area contributed by atoms with Crippen LogP contribution < -0.4 is 0 Å². The van der Waals surface area contributed by atoms with Crippen molar-refractivity contribution >= 4 is 15.8 Å². The zero-order chi connectivity index (χ0) is 25.7. The Morgan fingerprint density at radius 1 is 1.08 bits per heavy atom. The molecule has 7 heteroatoms. The molecule has 2 atom stereocenters. The van der Waals surface area contributed by atoms with E-state index in [4.69, 9.17) is 9.47 Å². The van der Waals surface area contributed by atoms with Crippen LogP contribution in [0.5, 0.6) is 0 Å². The third kappa shape index (κ3) is 6.55. The van der Waals surface area contributed by atoms with Crippen molar-refractivity contribution in [1.82, 2.24) is 4.90 Å². The molecular formula is C29H39NO5S. The van der Waals surface area contributed by atoms with Crippen LogP contribution in [0.15, 0.2) is 42.5 Å². The SMILES string of the molecule is COC(=O)c1ccc(COC(C)CN2CCS(=O)(=O)CC2C2CCCCC2)cc1-c1ccccc1C. The van der Waals surface area contributed by atoms with Crippen LogP contribution in [0, 0.1) is 12.8 Å². The quantitative estimate of drug-likeness (QED) is 0.461. The molecule has 2 fully saturated rings. The molecule has 1 aliphatic heterocycles. The summed E-state index contributed by atoms with van der Waals surface area (Å²) >= 11 is 0. The zero-order valence-corrected chi connectivity index (χ0v) is 22.6. The van der Waals surface area contributed by atoms with Gasteiger partial charge in [-0.3, -0.25) is 4.90 Å². The number of benzene rings is 2. The highest BCUT2D eigenvalue weighted by Gasteiger charge is 2.37. The molecule has 1 saturated carbocycles. The number of nitrogens with zero attached hydrogens (tertiary/aromatic N) is 1. The molecule has 196 valence electrons. The second kappa shape index (κ2) is 11.9. The van der Waals surface area contributed by atoms with Gasteiger partial charge in [-0.1, -0.05) is 49.6 Å². The number of ether oxygens (including phenoxy) is 2. The average Bonchev–Trinajstić information content (AvgIpc) is 2.88. The van der Waals surface area contributed by atoms with Crippen molar-refractivity contribution < 1.29 is 22.7 Å². The summed E-state index contributed by atoms with van der Waals surface area (Å²) in [6.07, 6.45) is 5.87. The number of carbonyl (C=O) groups is 1. The molecule has 0 radical (unpaired) electrons. The van der Waals surface area contributed by atoms with E-state index in [1.54, 1.807) is 0 Å². The third-order valence-electron chi connectivity index (χ3n) is 7.73. The van der Waals surface area contributed by atoms with Gasteiger partial charge in [-0.2, -0.15) is 0 Å². The van der Waals surface area contributed by atoms with Gasteiger partial charge in [0.1, 0.15) is 0 Å². The minimum atomic E-state index is -2.97. The van der Waals surface area contributed by atoms with Crippen molar-refractivity contribution in [2.45, 2.75) is 64.7 Å². The lowest BCUT2D eigenvalue weighted by Crippen LogP contribution is -2.54. The Balaban J connectivity index is 1.45. The maximum absolute atomic E-state index is 12.4. The Bertz CT molecular complexity index is 1160. The molecule has 2 aliphatic rings. The molecule has 2 aromatic carbocycles. The average molecular weight is 514 g/mol. The summed E-state index contributed by atoms with van der Waals surface area (Å²) in [5.41, 5.74) is 4.44. The third-order valence-corrected chi connectivity index (χ3v) is 9.38. The first-order valence-electron chi connectivity index (χ1n) is 13.1. The van der Waals surface area contributed by atoms with Crippen LogP contribution >= 0.6 is 0 Å². The van der Waals surface area contributed by atoms with Crippen LogP contribution in [-0.4, -0.2) is 63.1 Å². The first kappa shape index (κ1) is 26.8. The molecule has 1 aliphatic carbocycles. The Kier molecular flexibility index (Phi) is 8.86. The molecule has 0 bridgehead atoms. The Morgan fingerprint density at radius 3 is 2.56 bits per heavy atom. The van der Waals surface area contributed by atoms with E-state index in [2.05, 4.69) is 11.8 Å². The summed E-state index contributed by atoms with van der Waals surface area (Å²) in [4.78, 5) is 14.8. The monoisotopic (exact) mass is 513 g/mol. The van der Waals surface area contributed by atoms with E-state index in [-0.39, 0.29) is 29.6 Å². The number of sulfone groups is 1. The van der Waals surface area contributed by atoms with Crippen LogP contribution in [0.4, 0.5) is 0 Å². The number of hydrogen-bond donors (Lipinski definition) is 0. The highest BCUT2D eigenvalue weighted by Crippen LogP contribution is 2.32. The van der Waals surface area contributed by atoms with Gasteiger partial charge < -0.3 is 9.47 Å². The van der Waals surface area contributed by atoms with Gasteiger partial charge in [0.2, 0.25) is 0 Å². The lowest BCUT2D eigenvalue weighted by molar-refractivity contribution is 0.00892. The van der Waals surface area contributed by atoms with Crippen molar-refractivity contribution in [3.8, 4) is 11.1 Å². The summed E-state index contributed by atoms with van der Waals surface area (Å²) in [6.45, 7) is 5.82. The van der Waals surface area contributed by atoms with Crippen molar-refractivity contribution in [2.24, 2.45) is 5.92 Å². The van der Waals surface area contributed by atoms with E-state index in [0.29, 0.717) is 24.6 Å². The van der Waals surface area contributed by atoms with Gasteiger partial charge >= 0.3 is 5.97 Å². The van der Waals surface area contributed by atoms with E-state index in [1.807, 2.05) is 49.4 Å². The molecule has 1 saturated heterocycles. The van der Waals surface area contributed by atoms with Crippen LogP contribution in [0.1, 0.15) is 60.5 Å². The summed E-state index contributed by atoms with van der Waals surface area (Å²) in [5, 5.41) is 0. The second-order valence-corrected chi connectivity index (χ2v) is 12.6. The predicted molar refractivity (Wildman–Crippen MR) is 143 cm³/mol. The standard InChI is InChI=1S/C29H39NO5S/c1-21-9-7-8-12-25(21)27-17-23(13-14-26(27)29(31)34-3)19-35-22(2)18-30-15-16-36(32,33)20-28(30)24-10-5-4-6-11-24/h7-9,12-14,17,22,24,28H,4-6,10-11,15-16,18-20H2,1-3H3. The van der Waals surface area contributed by atoms with Crippen LogP contribution in [0.25, 0.3) is 11.1 Å². The maximum Gasteiger partial charge on any atom is 0.338 e. The maximum atomic E-state index is 12.4. The minimum Gasteiger partial charge on any atom is -0.465 e. The van der Waals surface area contributed by atoms with E-state index < -0.39 is 9.84 Å². The second-order valence-electron chi connectivity index (χ2n) is 10.4. The Morgan fingerprint density at radius 2 is 1.83 bits per heavy atom. The predicted octanol–water partition coefficient (Wildman–Crippen LogP) is 5.03. The van der Waals surface area contributed by atoms with E-state index >= 15 is 0 Å². The molecular weight excluding hydrogens is 474 g/mol. The molecule has 0 aromatic heterocycles. The van der Waals surface area contributed by atoms with Crippen molar-refractivity contribution in [3.05, 3.63) is 59.2 Å². The molecule has 4 rings (SSSR count). The minimum absolute atomic E-state index is 0.0425. The molecule has 0 N–H and O–H groups in total. The lowest BCUT2D eigenvalue weighted by atomic mass is 9.83. The van der Waals surface area contributed by atoms with Gasteiger partial charge in [0.05, 0.1) is 36.9 Å². The number of rotatable bonds is 8. The van der Waals surface area contributed by atoms with Crippen molar-refractivity contribution in [2.75, 3.05) is 31.7 Å². The normalized spacial score (nSPS) is 21.7. The highest BCUT2D eigenvalue weighted by atomic mass is 32.2. The van der Waals surface area contributed by atoms with Gasteiger partial charge in [-0.15, -0.1) is 0 Å². The van der Waals surface area contributed by atoms with Crippen LogP contribution in [0.2, 0.25) is 0 Å². The lowest BCUT2D eigenvalue weighted by Gasteiger charge is -2.42. The first-order chi connectivity index (χ1) is 17.3. The summed E-state index contributed by atoms with van der Waals surface area (Å²) in [5.74, 6) is 0.614. The van der Waals surface area contributed by atoms with Gasteiger partial charge in [-0.05, 0) is 67.0 Å².